The summed E-state index contributed by atoms with van der Waals surface area (Å²) >= 11 is 1.70. The Balaban J connectivity index is 1.85. The molecule has 1 aromatic rings. The molecule has 0 N–H and O–H groups in total. The predicted octanol–water partition coefficient (Wildman–Crippen LogP) is 1.86. The fourth-order valence-electron chi connectivity index (χ4n) is 2.15. The van der Waals surface area contributed by atoms with Crippen molar-refractivity contribution in [3.8, 4) is 0 Å². The molecule has 3 rings (SSSR count). The van der Waals surface area contributed by atoms with Gasteiger partial charge in [0, 0.05) is 5.69 Å². The second-order valence-corrected chi connectivity index (χ2v) is 7.39. The number of ether oxygens (including phenoxy) is 1. The van der Waals surface area contributed by atoms with E-state index in [0.29, 0.717) is 5.92 Å². The van der Waals surface area contributed by atoms with Crippen LogP contribution in [-0.2, 0) is 14.0 Å². The summed E-state index contributed by atoms with van der Waals surface area (Å²) in [4.78, 5) is 4.65. The van der Waals surface area contributed by atoms with Crippen LogP contribution in [0.5, 0.6) is 0 Å². The van der Waals surface area contributed by atoms with Gasteiger partial charge in [0.25, 0.3) is 0 Å². The van der Waals surface area contributed by atoms with Crippen LogP contribution in [0.2, 0.25) is 0 Å². The van der Waals surface area contributed by atoms with Crippen molar-refractivity contribution in [1.29, 1.82) is 0 Å². The molecular formula is C13H20BNO3S. The number of hydrogen-bond acceptors (Lipinski definition) is 5. The summed E-state index contributed by atoms with van der Waals surface area (Å²) in [7, 11) is -0.294. The molecule has 0 unspecified atom stereocenters. The number of hydrogen-bond donors (Lipinski definition) is 0. The monoisotopic (exact) mass is 281 g/mol. The molecule has 0 aliphatic carbocycles. The quantitative estimate of drug-likeness (QED) is 0.776. The SMILES string of the molecule is Cc1nc(C2COC2)sc1B1OC(C)(C)C(C)(C)O1. The second-order valence-electron chi connectivity index (χ2n) is 6.32. The molecule has 0 aromatic carbocycles. The topological polar surface area (TPSA) is 40.6 Å². The Morgan fingerprint density at radius 1 is 1.16 bits per heavy atom. The zero-order chi connectivity index (χ0) is 13.8. The Morgan fingerprint density at radius 2 is 1.74 bits per heavy atom. The molecule has 1 aromatic heterocycles. The van der Waals surface area contributed by atoms with Gasteiger partial charge in [-0.25, -0.2) is 4.98 Å². The van der Waals surface area contributed by atoms with E-state index in [-0.39, 0.29) is 18.3 Å². The van der Waals surface area contributed by atoms with E-state index >= 15 is 0 Å². The lowest BCUT2D eigenvalue weighted by Crippen LogP contribution is -2.41. The van der Waals surface area contributed by atoms with Crippen molar-refractivity contribution in [3.63, 3.8) is 0 Å². The van der Waals surface area contributed by atoms with Crippen LogP contribution >= 0.6 is 11.3 Å². The maximum absolute atomic E-state index is 6.09. The Morgan fingerprint density at radius 3 is 2.21 bits per heavy atom. The molecule has 0 amide bonds. The van der Waals surface area contributed by atoms with Gasteiger partial charge in [0.2, 0.25) is 0 Å². The van der Waals surface area contributed by atoms with E-state index in [1.54, 1.807) is 11.3 Å². The summed E-state index contributed by atoms with van der Waals surface area (Å²) in [5.74, 6) is 0.458. The summed E-state index contributed by atoms with van der Waals surface area (Å²) in [6.45, 7) is 11.9. The van der Waals surface area contributed by atoms with E-state index < -0.39 is 0 Å². The molecule has 0 radical (unpaired) electrons. The highest BCUT2D eigenvalue weighted by Crippen LogP contribution is 2.37. The van der Waals surface area contributed by atoms with Crippen LogP contribution in [-0.4, -0.2) is 36.5 Å². The van der Waals surface area contributed by atoms with Gasteiger partial charge in [-0.3, -0.25) is 0 Å². The van der Waals surface area contributed by atoms with Gasteiger partial charge in [-0.2, -0.15) is 0 Å². The Labute approximate surface area is 118 Å². The first kappa shape index (κ1) is 13.6. The van der Waals surface area contributed by atoms with Gasteiger partial charge < -0.3 is 14.0 Å². The van der Waals surface area contributed by atoms with Crippen LogP contribution in [0, 0.1) is 6.92 Å². The third-order valence-electron chi connectivity index (χ3n) is 4.30. The summed E-state index contributed by atoms with van der Waals surface area (Å²) in [6, 6.07) is 0. The Kier molecular flexibility index (Phi) is 3.06. The molecule has 2 aliphatic rings. The van der Waals surface area contributed by atoms with E-state index in [0.717, 1.165) is 28.7 Å². The fraction of sp³-hybridized carbons (Fsp3) is 0.769. The van der Waals surface area contributed by atoms with Gasteiger partial charge in [-0.05, 0) is 34.6 Å². The van der Waals surface area contributed by atoms with E-state index in [9.17, 15) is 0 Å². The van der Waals surface area contributed by atoms with Crippen LogP contribution < -0.4 is 4.78 Å². The molecule has 2 saturated heterocycles. The summed E-state index contributed by atoms with van der Waals surface area (Å²) in [5, 5.41) is 1.15. The summed E-state index contributed by atoms with van der Waals surface area (Å²) in [5.41, 5.74) is 0.423. The molecule has 0 bridgehead atoms. The molecule has 3 heterocycles. The Hall–Kier alpha value is -0.425. The number of aryl methyl sites for hydroxylation is 1. The highest BCUT2D eigenvalue weighted by molar-refractivity contribution is 7.22. The minimum atomic E-state index is -0.298. The van der Waals surface area contributed by atoms with Gasteiger partial charge in [0.1, 0.15) is 5.01 Å². The van der Waals surface area contributed by atoms with Crippen molar-refractivity contribution < 1.29 is 14.0 Å². The van der Waals surface area contributed by atoms with Crippen LogP contribution in [0.1, 0.15) is 44.3 Å². The number of rotatable bonds is 2. The second kappa shape index (κ2) is 4.28. The summed E-state index contributed by atoms with van der Waals surface area (Å²) in [6.07, 6.45) is 0. The predicted molar refractivity (Wildman–Crippen MR) is 76.1 cm³/mol. The van der Waals surface area contributed by atoms with E-state index in [4.69, 9.17) is 14.0 Å². The maximum atomic E-state index is 6.09. The van der Waals surface area contributed by atoms with E-state index in [1.165, 1.54) is 0 Å². The normalized spacial score (nSPS) is 25.6. The van der Waals surface area contributed by atoms with Crippen LogP contribution in [0.3, 0.4) is 0 Å². The minimum absolute atomic E-state index is 0.294. The average molecular weight is 281 g/mol. The Bertz CT molecular complexity index is 480. The van der Waals surface area contributed by atoms with Crippen molar-refractivity contribution >= 4 is 23.2 Å². The third-order valence-corrected chi connectivity index (χ3v) is 5.65. The molecular weight excluding hydrogens is 261 g/mol. The molecule has 2 aliphatic heterocycles. The first-order valence-electron chi connectivity index (χ1n) is 6.71. The highest BCUT2D eigenvalue weighted by atomic mass is 32.1. The molecule has 4 nitrogen and oxygen atoms in total. The van der Waals surface area contributed by atoms with Crippen molar-refractivity contribution in [2.45, 2.75) is 51.7 Å². The number of aromatic nitrogens is 1. The van der Waals surface area contributed by atoms with Crippen molar-refractivity contribution in [1.82, 2.24) is 4.98 Å². The zero-order valence-corrected chi connectivity index (χ0v) is 13.0. The van der Waals surface area contributed by atoms with Crippen LogP contribution in [0.4, 0.5) is 0 Å². The number of thiazole rings is 1. The molecule has 0 saturated carbocycles. The molecule has 19 heavy (non-hydrogen) atoms. The molecule has 0 spiro atoms. The van der Waals surface area contributed by atoms with Crippen molar-refractivity contribution in [2.24, 2.45) is 0 Å². The number of nitrogens with zero attached hydrogens (tertiary/aromatic N) is 1. The molecule has 2 fully saturated rings. The van der Waals surface area contributed by atoms with Gasteiger partial charge in [0.05, 0.1) is 35.1 Å². The first-order chi connectivity index (χ1) is 8.80. The standard InChI is InChI=1S/C13H20BNO3S/c1-8-10(19-11(15-8)9-6-16-7-9)14-17-12(2,3)13(4,5)18-14/h9H,6-7H2,1-5H3. The maximum Gasteiger partial charge on any atom is 0.507 e. The van der Waals surface area contributed by atoms with Gasteiger partial charge >= 0.3 is 7.12 Å². The lowest BCUT2D eigenvalue weighted by atomic mass is 9.86. The van der Waals surface area contributed by atoms with Crippen molar-refractivity contribution in [2.75, 3.05) is 13.2 Å². The third kappa shape index (κ3) is 2.15. The van der Waals surface area contributed by atoms with Gasteiger partial charge in [0.15, 0.2) is 0 Å². The van der Waals surface area contributed by atoms with Gasteiger partial charge in [-0.1, -0.05) is 0 Å². The first-order valence-corrected chi connectivity index (χ1v) is 7.52. The summed E-state index contributed by atoms with van der Waals surface area (Å²) < 4.78 is 18.5. The van der Waals surface area contributed by atoms with Crippen LogP contribution in [0.25, 0.3) is 0 Å². The van der Waals surface area contributed by atoms with E-state index in [1.807, 2.05) is 6.92 Å². The minimum Gasteiger partial charge on any atom is -0.399 e. The zero-order valence-electron chi connectivity index (χ0n) is 12.1. The van der Waals surface area contributed by atoms with E-state index in [2.05, 4.69) is 32.7 Å². The lowest BCUT2D eigenvalue weighted by Gasteiger charge is -2.32. The fourth-order valence-corrected chi connectivity index (χ4v) is 3.25. The molecule has 0 atom stereocenters. The van der Waals surface area contributed by atoms with Crippen molar-refractivity contribution in [3.05, 3.63) is 10.7 Å². The largest absolute Gasteiger partial charge is 0.507 e. The van der Waals surface area contributed by atoms with Gasteiger partial charge in [-0.15, -0.1) is 11.3 Å². The van der Waals surface area contributed by atoms with Crippen LogP contribution in [0.15, 0.2) is 0 Å². The average Bonchev–Trinajstić information content (AvgIpc) is 2.63. The lowest BCUT2D eigenvalue weighted by molar-refractivity contribution is 0.00578. The highest BCUT2D eigenvalue weighted by Gasteiger charge is 2.53. The molecule has 104 valence electrons. The molecule has 6 heteroatoms. The smallest absolute Gasteiger partial charge is 0.399 e.